The minimum atomic E-state index is 0.409. The number of nitrogens with zero attached hydrogens (tertiary/aromatic N) is 1. The first-order valence-corrected chi connectivity index (χ1v) is 6.47. The highest BCUT2D eigenvalue weighted by Gasteiger charge is 2.10. The molecule has 0 bridgehead atoms. The molecule has 1 aromatic carbocycles. The van der Waals surface area contributed by atoms with Gasteiger partial charge in [-0.3, -0.25) is 4.90 Å². The van der Waals surface area contributed by atoms with Gasteiger partial charge in [-0.25, -0.2) is 0 Å². The lowest BCUT2D eigenvalue weighted by Crippen LogP contribution is -2.26. The van der Waals surface area contributed by atoms with Crippen LogP contribution in [0, 0.1) is 11.8 Å². The van der Waals surface area contributed by atoms with Crippen LogP contribution in [-0.4, -0.2) is 37.7 Å². The van der Waals surface area contributed by atoms with E-state index < -0.39 is 0 Å². The van der Waals surface area contributed by atoms with E-state index in [-0.39, 0.29) is 0 Å². The standard InChI is InChI=1S/C15H20N2O/c16-8-3-7-14-5-1-2-6-15(14)13-17-9-4-11-18-12-10-17/h1-2,5-6H,4,8-13,16H2. The summed E-state index contributed by atoms with van der Waals surface area (Å²) in [5.41, 5.74) is 7.80. The van der Waals surface area contributed by atoms with Crippen LogP contribution in [0.15, 0.2) is 24.3 Å². The number of hydrogen-bond acceptors (Lipinski definition) is 3. The first-order chi connectivity index (χ1) is 8.90. The molecule has 1 aromatic rings. The van der Waals surface area contributed by atoms with E-state index in [1.807, 2.05) is 6.07 Å². The molecule has 0 radical (unpaired) electrons. The molecule has 0 aliphatic carbocycles. The molecule has 1 aliphatic heterocycles. The summed E-state index contributed by atoms with van der Waals surface area (Å²) in [4.78, 5) is 2.43. The van der Waals surface area contributed by atoms with E-state index in [0.717, 1.165) is 44.8 Å². The third kappa shape index (κ3) is 3.85. The van der Waals surface area contributed by atoms with Crippen molar-refractivity contribution in [3.8, 4) is 11.8 Å². The van der Waals surface area contributed by atoms with Crippen LogP contribution < -0.4 is 5.73 Å². The Morgan fingerprint density at radius 1 is 1.22 bits per heavy atom. The lowest BCUT2D eigenvalue weighted by Gasteiger charge is -2.19. The molecule has 0 spiro atoms. The third-order valence-electron chi connectivity index (χ3n) is 3.05. The van der Waals surface area contributed by atoms with Gasteiger partial charge in [0.25, 0.3) is 0 Å². The van der Waals surface area contributed by atoms with E-state index in [1.165, 1.54) is 5.56 Å². The SMILES string of the molecule is NCC#Cc1ccccc1CN1CCCOCC1. The van der Waals surface area contributed by atoms with Crippen molar-refractivity contribution in [2.75, 3.05) is 32.8 Å². The van der Waals surface area contributed by atoms with Crippen LogP contribution in [0.2, 0.25) is 0 Å². The summed E-state index contributed by atoms with van der Waals surface area (Å²) >= 11 is 0. The normalized spacial score (nSPS) is 16.7. The second-order valence-corrected chi connectivity index (χ2v) is 4.41. The smallest absolute Gasteiger partial charge is 0.0593 e. The summed E-state index contributed by atoms with van der Waals surface area (Å²) in [6, 6.07) is 8.30. The minimum Gasteiger partial charge on any atom is -0.380 e. The Morgan fingerprint density at radius 2 is 2.11 bits per heavy atom. The quantitative estimate of drug-likeness (QED) is 0.795. The van der Waals surface area contributed by atoms with Crippen LogP contribution in [0.1, 0.15) is 17.5 Å². The fraction of sp³-hybridized carbons (Fsp3) is 0.467. The summed E-state index contributed by atoms with van der Waals surface area (Å²) in [6.07, 6.45) is 1.11. The molecule has 0 atom stereocenters. The Morgan fingerprint density at radius 3 is 3.00 bits per heavy atom. The summed E-state index contributed by atoms with van der Waals surface area (Å²) in [6.45, 7) is 5.16. The Balaban J connectivity index is 2.07. The van der Waals surface area contributed by atoms with E-state index in [2.05, 4.69) is 34.9 Å². The van der Waals surface area contributed by atoms with E-state index in [9.17, 15) is 0 Å². The van der Waals surface area contributed by atoms with Crippen LogP contribution in [-0.2, 0) is 11.3 Å². The highest BCUT2D eigenvalue weighted by Crippen LogP contribution is 2.12. The lowest BCUT2D eigenvalue weighted by atomic mass is 10.1. The molecule has 0 amide bonds. The number of nitrogens with two attached hydrogens (primary N) is 1. The van der Waals surface area contributed by atoms with Crippen molar-refractivity contribution in [2.45, 2.75) is 13.0 Å². The summed E-state index contributed by atoms with van der Waals surface area (Å²) < 4.78 is 5.47. The molecule has 2 rings (SSSR count). The second kappa shape index (κ2) is 7.17. The predicted octanol–water partition coefficient (Wildman–Crippen LogP) is 1.22. The monoisotopic (exact) mass is 244 g/mol. The van der Waals surface area contributed by atoms with Gasteiger partial charge in [-0.1, -0.05) is 30.0 Å². The van der Waals surface area contributed by atoms with Crippen LogP contribution >= 0.6 is 0 Å². The number of hydrogen-bond donors (Lipinski definition) is 1. The van der Waals surface area contributed by atoms with Gasteiger partial charge in [-0.15, -0.1) is 0 Å². The van der Waals surface area contributed by atoms with Crippen LogP contribution in [0.5, 0.6) is 0 Å². The lowest BCUT2D eigenvalue weighted by molar-refractivity contribution is 0.140. The van der Waals surface area contributed by atoms with Gasteiger partial charge in [0.15, 0.2) is 0 Å². The predicted molar refractivity (Wildman–Crippen MR) is 73.1 cm³/mol. The van der Waals surface area contributed by atoms with Gasteiger partial charge < -0.3 is 10.5 Å². The van der Waals surface area contributed by atoms with Crippen molar-refractivity contribution < 1.29 is 4.74 Å². The maximum Gasteiger partial charge on any atom is 0.0593 e. The maximum absolute atomic E-state index is 5.47. The first kappa shape index (κ1) is 13.1. The van der Waals surface area contributed by atoms with Crippen molar-refractivity contribution in [1.29, 1.82) is 0 Å². The van der Waals surface area contributed by atoms with E-state index in [1.54, 1.807) is 0 Å². The summed E-state index contributed by atoms with van der Waals surface area (Å²) in [5.74, 6) is 6.07. The third-order valence-corrected chi connectivity index (χ3v) is 3.05. The molecule has 0 saturated carbocycles. The van der Waals surface area contributed by atoms with Crippen molar-refractivity contribution in [3.05, 3.63) is 35.4 Å². The fourth-order valence-corrected chi connectivity index (χ4v) is 2.12. The molecule has 3 heteroatoms. The molecule has 2 N–H and O–H groups in total. The van der Waals surface area contributed by atoms with Crippen LogP contribution in [0.3, 0.4) is 0 Å². The highest BCUT2D eigenvalue weighted by molar-refractivity contribution is 5.41. The average molecular weight is 244 g/mol. The Labute approximate surface area is 109 Å². The Hall–Kier alpha value is -1.34. The molecule has 0 aromatic heterocycles. The topological polar surface area (TPSA) is 38.5 Å². The van der Waals surface area contributed by atoms with Gasteiger partial charge in [0, 0.05) is 31.8 Å². The van der Waals surface area contributed by atoms with Gasteiger partial charge >= 0.3 is 0 Å². The summed E-state index contributed by atoms with van der Waals surface area (Å²) in [7, 11) is 0. The average Bonchev–Trinajstić information content (AvgIpc) is 2.66. The number of rotatable bonds is 2. The number of benzene rings is 1. The molecular formula is C15H20N2O. The fourth-order valence-electron chi connectivity index (χ4n) is 2.12. The van der Waals surface area contributed by atoms with Gasteiger partial charge in [-0.2, -0.15) is 0 Å². The zero-order valence-corrected chi connectivity index (χ0v) is 10.7. The maximum atomic E-state index is 5.47. The van der Waals surface area contributed by atoms with Gasteiger partial charge in [0.05, 0.1) is 13.2 Å². The zero-order valence-electron chi connectivity index (χ0n) is 10.7. The van der Waals surface area contributed by atoms with Gasteiger partial charge in [0.1, 0.15) is 0 Å². The minimum absolute atomic E-state index is 0.409. The highest BCUT2D eigenvalue weighted by atomic mass is 16.5. The molecular weight excluding hydrogens is 224 g/mol. The molecule has 1 heterocycles. The molecule has 18 heavy (non-hydrogen) atoms. The zero-order chi connectivity index (χ0) is 12.6. The van der Waals surface area contributed by atoms with Crippen molar-refractivity contribution in [3.63, 3.8) is 0 Å². The Bertz CT molecular complexity index is 426. The van der Waals surface area contributed by atoms with Gasteiger partial charge in [-0.05, 0) is 18.1 Å². The number of ether oxygens (including phenoxy) is 1. The van der Waals surface area contributed by atoms with E-state index in [0.29, 0.717) is 6.54 Å². The first-order valence-electron chi connectivity index (χ1n) is 6.47. The van der Waals surface area contributed by atoms with Crippen molar-refractivity contribution in [1.82, 2.24) is 4.90 Å². The Kier molecular flexibility index (Phi) is 5.22. The molecule has 96 valence electrons. The van der Waals surface area contributed by atoms with Crippen molar-refractivity contribution in [2.24, 2.45) is 5.73 Å². The summed E-state index contributed by atoms with van der Waals surface area (Å²) in [5, 5.41) is 0. The van der Waals surface area contributed by atoms with Crippen LogP contribution in [0.25, 0.3) is 0 Å². The molecule has 1 aliphatic rings. The van der Waals surface area contributed by atoms with Crippen molar-refractivity contribution >= 4 is 0 Å². The van der Waals surface area contributed by atoms with Gasteiger partial charge in [0.2, 0.25) is 0 Å². The van der Waals surface area contributed by atoms with Crippen LogP contribution in [0.4, 0.5) is 0 Å². The van der Waals surface area contributed by atoms with E-state index in [4.69, 9.17) is 10.5 Å². The molecule has 1 saturated heterocycles. The molecule has 0 unspecified atom stereocenters. The second-order valence-electron chi connectivity index (χ2n) is 4.41. The molecule has 1 fully saturated rings. The van der Waals surface area contributed by atoms with E-state index >= 15 is 0 Å². The largest absolute Gasteiger partial charge is 0.380 e. The molecule has 3 nitrogen and oxygen atoms in total.